The lowest BCUT2D eigenvalue weighted by molar-refractivity contribution is 0.0913. The number of aromatic nitrogens is 1. The Balaban J connectivity index is 1.96. The van der Waals surface area contributed by atoms with Crippen LogP contribution < -0.4 is 5.32 Å². The average Bonchev–Trinajstić information content (AvgIpc) is 2.84. The van der Waals surface area contributed by atoms with Crippen LogP contribution in [0.4, 0.5) is 0 Å². The topological polar surface area (TPSA) is 55.1 Å². The van der Waals surface area contributed by atoms with Crippen molar-refractivity contribution < 1.29 is 9.32 Å². The van der Waals surface area contributed by atoms with Gasteiger partial charge in [0.2, 0.25) is 5.76 Å². The molecule has 0 aliphatic heterocycles. The molecule has 0 atom stereocenters. The maximum absolute atomic E-state index is 11.7. The molecule has 16 heavy (non-hydrogen) atoms. The molecule has 2 rings (SSSR count). The highest BCUT2D eigenvalue weighted by Gasteiger charge is 2.13. The summed E-state index contributed by atoms with van der Waals surface area (Å²) < 4.78 is 5.90. The Bertz CT molecular complexity index is 506. The molecule has 2 aromatic heterocycles. The van der Waals surface area contributed by atoms with Crippen molar-refractivity contribution >= 4 is 33.2 Å². The molecule has 0 fully saturated rings. The van der Waals surface area contributed by atoms with Crippen LogP contribution in [0.15, 0.2) is 26.6 Å². The van der Waals surface area contributed by atoms with E-state index in [1.807, 2.05) is 12.1 Å². The number of carbonyl (C=O) groups is 1. The van der Waals surface area contributed by atoms with Gasteiger partial charge in [-0.3, -0.25) is 4.79 Å². The van der Waals surface area contributed by atoms with Gasteiger partial charge in [-0.2, -0.15) is 0 Å². The third-order valence-corrected chi connectivity index (χ3v) is 3.63. The van der Waals surface area contributed by atoms with Crippen molar-refractivity contribution in [3.8, 4) is 0 Å². The lowest BCUT2D eigenvalue weighted by Crippen LogP contribution is -2.22. The van der Waals surface area contributed by atoms with Crippen molar-refractivity contribution in [1.29, 1.82) is 0 Å². The van der Waals surface area contributed by atoms with E-state index in [9.17, 15) is 4.79 Å². The van der Waals surface area contributed by atoms with Crippen LogP contribution in [-0.2, 0) is 6.54 Å². The molecule has 0 saturated heterocycles. The standard InChI is InChI=1S/C10H9BrN2O2S/c1-6-4-13-15-9(6)10(14)12-5-7-2-3-8(11)16-7/h2-4H,5H2,1H3,(H,12,14). The third kappa shape index (κ3) is 2.51. The number of aryl methyl sites for hydroxylation is 1. The van der Waals surface area contributed by atoms with Crippen molar-refractivity contribution in [2.75, 3.05) is 0 Å². The SMILES string of the molecule is Cc1cnoc1C(=O)NCc1ccc(Br)s1. The van der Waals surface area contributed by atoms with Crippen molar-refractivity contribution in [1.82, 2.24) is 10.5 Å². The van der Waals surface area contributed by atoms with Crippen LogP contribution in [0.1, 0.15) is 21.0 Å². The van der Waals surface area contributed by atoms with E-state index >= 15 is 0 Å². The number of rotatable bonds is 3. The largest absolute Gasteiger partial charge is 0.351 e. The van der Waals surface area contributed by atoms with Crippen molar-refractivity contribution in [3.63, 3.8) is 0 Å². The summed E-state index contributed by atoms with van der Waals surface area (Å²) in [5, 5.41) is 6.33. The molecule has 0 aliphatic carbocycles. The van der Waals surface area contributed by atoms with Gasteiger partial charge in [0, 0.05) is 10.4 Å². The van der Waals surface area contributed by atoms with Crippen LogP contribution in [0.2, 0.25) is 0 Å². The van der Waals surface area contributed by atoms with Gasteiger partial charge < -0.3 is 9.84 Å². The first-order valence-corrected chi connectivity index (χ1v) is 6.21. The highest BCUT2D eigenvalue weighted by molar-refractivity contribution is 9.11. The Morgan fingerprint density at radius 2 is 2.44 bits per heavy atom. The number of hydrogen-bond donors (Lipinski definition) is 1. The number of thiophene rings is 1. The normalized spacial score (nSPS) is 10.4. The van der Waals surface area contributed by atoms with Gasteiger partial charge in [-0.15, -0.1) is 11.3 Å². The molecule has 6 heteroatoms. The van der Waals surface area contributed by atoms with E-state index in [0.29, 0.717) is 6.54 Å². The zero-order valence-corrected chi connectivity index (χ0v) is 10.9. The van der Waals surface area contributed by atoms with Gasteiger partial charge in [0.25, 0.3) is 5.91 Å². The Hall–Kier alpha value is -1.14. The molecule has 0 saturated carbocycles. The fourth-order valence-electron chi connectivity index (χ4n) is 1.20. The summed E-state index contributed by atoms with van der Waals surface area (Å²) in [5.74, 6) is 0.0372. The van der Waals surface area contributed by atoms with Crippen LogP contribution in [0.25, 0.3) is 0 Å². The number of halogens is 1. The second-order valence-electron chi connectivity index (χ2n) is 3.23. The van der Waals surface area contributed by atoms with Crippen molar-refractivity contribution in [2.24, 2.45) is 0 Å². The Morgan fingerprint density at radius 1 is 1.62 bits per heavy atom. The first-order valence-electron chi connectivity index (χ1n) is 4.60. The molecular formula is C10H9BrN2O2S. The number of amides is 1. The first kappa shape index (κ1) is 11.3. The van der Waals surface area contributed by atoms with Gasteiger partial charge in [0.15, 0.2) is 0 Å². The van der Waals surface area contributed by atoms with E-state index in [4.69, 9.17) is 4.52 Å². The highest BCUT2D eigenvalue weighted by atomic mass is 79.9. The second-order valence-corrected chi connectivity index (χ2v) is 5.77. The van der Waals surface area contributed by atoms with Gasteiger partial charge in [0.05, 0.1) is 16.5 Å². The number of nitrogens with zero attached hydrogens (tertiary/aromatic N) is 1. The maximum Gasteiger partial charge on any atom is 0.290 e. The predicted octanol–water partition coefficient (Wildman–Crippen LogP) is 2.74. The number of carbonyl (C=O) groups excluding carboxylic acids is 1. The van der Waals surface area contributed by atoms with Crippen LogP contribution in [0.5, 0.6) is 0 Å². The molecule has 1 amide bonds. The molecule has 0 radical (unpaired) electrons. The highest BCUT2D eigenvalue weighted by Crippen LogP contribution is 2.21. The molecule has 4 nitrogen and oxygen atoms in total. The van der Waals surface area contributed by atoms with Gasteiger partial charge in [-0.25, -0.2) is 0 Å². The zero-order chi connectivity index (χ0) is 11.5. The third-order valence-electron chi connectivity index (χ3n) is 2.01. The summed E-state index contributed by atoms with van der Waals surface area (Å²) in [5.41, 5.74) is 0.741. The summed E-state index contributed by atoms with van der Waals surface area (Å²) in [7, 11) is 0. The van der Waals surface area contributed by atoms with Gasteiger partial charge in [-0.1, -0.05) is 5.16 Å². The van der Waals surface area contributed by atoms with E-state index in [2.05, 4.69) is 26.4 Å². The molecule has 2 heterocycles. The fraction of sp³-hybridized carbons (Fsp3) is 0.200. The summed E-state index contributed by atoms with van der Waals surface area (Å²) in [6, 6.07) is 3.91. The van der Waals surface area contributed by atoms with Crippen LogP contribution in [0.3, 0.4) is 0 Å². The monoisotopic (exact) mass is 300 g/mol. The summed E-state index contributed by atoms with van der Waals surface area (Å²) in [6.07, 6.45) is 1.52. The average molecular weight is 301 g/mol. The first-order chi connectivity index (χ1) is 7.66. The molecular weight excluding hydrogens is 292 g/mol. The van der Waals surface area contributed by atoms with E-state index in [1.54, 1.807) is 18.3 Å². The van der Waals surface area contributed by atoms with E-state index in [0.717, 1.165) is 14.2 Å². The summed E-state index contributed by atoms with van der Waals surface area (Å²) in [4.78, 5) is 12.7. The van der Waals surface area contributed by atoms with Gasteiger partial charge >= 0.3 is 0 Å². The van der Waals surface area contributed by atoms with E-state index in [1.165, 1.54) is 6.20 Å². The lowest BCUT2D eigenvalue weighted by atomic mass is 10.3. The Kier molecular flexibility index (Phi) is 3.40. The number of nitrogens with one attached hydrogen (secondary N) is 1. The lowest BCUT2D eigenvalue weighted by Gasteiger charge is -2.00. The maximum atomic E-state index is 11.7. The molecule has 0 spiro atoms. The molecule has 2 aromatic rings. The fourth-order valence-corrected chi connectivity index (χ4v) is 2.63. The Morgan fingerprint density at radius 3 is 3.00 bits per heavy atom. The van der Waals surface area contributed by atoms with Gasteiger partial charge in [0.1, 0.15) is 0 Å². The van der Waals surface area contributed by atoms with Gasteiger partial charge in [-0.05, 0) is 35.0 Å². The smallest absolute Gasteiger partial charge is 0.290 e. The minimum absolute atomic E-state index is 0.237. The summed E-state index contributed by atoms with van der Waals surface area (Å²) in [6.45, 7) is 2.28. The molecule has 1 N–H and O–H groups in total. The van der Waals surface area contributed by atoms with Crippen molar-refractivity contribution in [2.45, 2.75) is 13.5 Å². The number of hydrogen-bond acceptors (Lipinski definition) is 4. The molecule has 0 aliphatic rings. The molecule has 84 valence electrons. The van der Waals surface area contributed by atoms with E-state index < -0.39 is 0 Å². The van der Waals surface area contributed by atoms with E-state index in [-0.39, 0.29) is 11.7 Å². The van der Waals surface area contributed by atoms with Crippen LogP contribution in [-0.4, -0.2) is 11.1 Å². The Labute approximate surface area is 105 Å². The molecule has 0 aromatic carbocycles. The second kappa shape index (κ2) is 4.80. The minimum Gasteiger partial charge on any atom is -0.351 e. The van der Waals surface area contributed by atoms with Crippen molar-refractivity contribution in [3.05, 3.63) is 38.3 Å². The predicted molar refractivity (Wildman–Crippen MR) is 64.4 cm³/mol. The molecule has 0 bridgehead atoms. The zero-order valence-electron chi connectivity index (χ0n) is 8.49. The van der Waals surface area contributed by atoms with Crippen LogP contribution in [0, 0.1) is 6.92 Å². The molecule has 0 unspecified atom stereocenters. The minimum atomic E-state index is -0.237. The van der Waals surface area contributed by atoms with Crippen LogP contribution >= 0.6 is 27.3 Å². The summed E-state index contributed by atoms with van der Waals surface area (Å²) >= 11 is 4.95. The quantitative estimate of drug-likeness (QED) is 0.948.